The molecule has 18 heavy (non-hydrogen) atoms. The van der Waals surface area contributed by atoms with E-state index in [-0.39, 0.29) is 17.6 Å². The summed E-state index contributed by atoms with van der Waals surface area (Å²) in [5, 5.41) is 9.16. The minimum Gasteiger partial charge on any atom is -0.494 e. The lowest BCUT2D eigenvalue weighted by Crippen LogP contribution is -2.22. The van der Waals surface area contributed by atoms with Crippen LogP contribution in [-0.2, 0) is 0 Å². The average molecular weight is 267 g/mol. The van der Waals surface area contributed by atoms with Crippen LogP contribution in [0.3, 0.4) is 0 Å². The van der Waals surface area contributed by atoms with Gasteiger partial charge >= 0.3 is 0 Å². The fourth-order valence-corrected chi connectivity index (χ4v) is 2.24. The largest absolute Gasteiger partial charge is 0.494 e. The quantitative estimate of drug-likeness (QED) is 0.903. The highest BCUT2D eigenvalue weighted by molar-refractivity contribution is 7.03. The van der Waals surface area contributed by atoms with Gasteiger partial charge in [-0.1, -0.05) is 17.5 Å². The molecule has 1 aromatic heterocycles. The number of ether oxygens (including phenoxy) is 1. The molecule has 96 valence electrons. The summed E-state index contributed by atoms with van der Waals surface area (Å²) in [6, 6.07) is 4.77. The molecule has 1 atom stereocenters. The van der Waals surface area contributed by atoms with Gasteiger partial charge in [0.05, 0.1) is 18.8 Å². The van der Waals surface area contributed by atoms with Crippen LogP contribution in [0.15, 0.2) is 23.6 Å². The van der Waals surface area contributed by atoms with E-state index in [4.69, 9.17) is 4.74 Å². The van der Waals surface area contributed by atoms with Crippen LogP contribution in [0.2, 0.25) is 0 Å². The summed E-state index contributed by atoms with van der Waals surface area (Å²) in [6.45, 7) is 2.75. The van der Waals surface area contributed by atoms with E-state index in [1.807, 2.05) is 18.4 Å². The number of methoxy groups -OCH3 is 1. The molecule has 0 radical (unpaired) electrons. The van der Waals surface area contributed by atoms with Crippen molar-refractivity contribution in [3.63, 3.8) is 0 Å². The Morgan fingerprint density at radius 1 is 1.50 bits per heavy atom. The van der Waals surface area contributed by atoms with E-state index in [1.54, 1.807) is 6.07 Å². The highest BCUT2D eigenvalue weighted by atomic mass is 32.1. The second kappa shape index (κ2) is 5.88. The normalized spacial score (nSPS) is 12.4. The molecular formula is C12H14FN3OS. The maximum Gasteiger partial charge on any atom is 0.165 e. The topological polar surface area (TPSA) is 47.0 Å². The Labute approximate surface area is 109 Å². The van der Waals surface area contributed by atoms with Crippen molar-refractivity contribution in [2.75, 3.05) is 13.7 Å². The molecule has 1 aromatic carbocycles. The maximum absolute atomic E-state index is 13.7. The van der Waals surface area contributed by atoms with Crippen molar-refractivity contribution in [3.8, 4) is 5.75 Å². The Bertz CT molecular complexity index is 504. The van der Waals surface area contributed by atoms with E-state index in [1.165, 1.54) is 24.7 Å². The summed E-state index contributed by atoms with van der Waals surface area (Å²) >= 11 is 1.28. The monoisotopic (exact) mass is 267 g/mol. The third-order valence-corrected chi connectivity index (χ3v) is 3.11. The van der Waals surface area contributed by atoms with Crippen molar-refractivity contribution >= 4 is 11.5 Å². The SMILES string of the molecule is CCNC(c1ccc(OC)c(F)c1)c1csnn1. The molecule has 2 rings (SSSR count). The first-order chi connectivity index (χ1) is 8.76. The van der Waals surface area contributed by atoms with Crippen LogP contribution >= 0.6 is 11.5 Å². The Kier molecular flexibility index (Phi) is 4.22. The van der Waals surface area contributed by atoms with Crippen molar-refractivity contribution in [1.82, 2.24) is 14.9 Å². The van der Waals surface area contributed by atoms with Crippen LogP contribution in [0.4, 0.5) is 4.39 Å². The molecule has 0 bridgehead atoms. The van der Waals surface area contributed by atoms with Gasteiger partial charge in [0.25, 0.3) is 0 Å². The zero-order chi connectivity index (χ0) is 13.0. The standard InChI is InChI=1S/C12H14FN3OS/c1-3-14-12(10-7-18-16-15-10)8-4-5-11(17-2)9(13)6-8/h4-7,12,14H,3H2,1-2H3. The number of halogens is 1. The van der Waals surface area contributed by atoms with Crippen LogP contribution in [0.1, 0.15) is 24.2 Å². The van der Waals surface area contributed by atoms with Gasteiger partial charge in [0.2, 0.25) is 0 Å². The molecule has 0 aliphatic heterocycles. The van der Waals surface area contributed by atoms with E-state index in [0.717, 1.165) is 17.8 Å². The summed E-state index contributed by atoms with van der Waals surface area (Å²) in [4.78, 5) is 0. The maximum atomic E-state index is 13.7. The molecular weight excluding hydrogens is 253 g/mol. The Morgan fingerprint density at radius 2 is 2.33 bits per heavy atom. The molecule has 0 saturated heterocycles. The smallest absolute Gasteiger partial charge is 0.165 e. The fraction of sp³-hybridized carbons (Fsp3) is 0.333. The first-order valence-corrected chi connectivity index (χ1v) is 6.43. The molecule has 0 aliphatic carbocycles. The lowest BCUT2D eigenvalue weighted by atomic mass is 10.0. The minimum absolute atomic E-state index is 0.144. The number of hydrogen-bond acceptors (Lipinski definition) is 5. The Balaban J connectivity index is 2.34. The molecule has 2 aromatic rings. The van der Waals surface area contributed by atoms with Crippen molar-refractivity contribution < 1.29 is 9.13 Å². The van der Waals surface area contributed by atoms with Gasteiger partial charge in [-0.25, -0.2) is 4.39 Å². The van der Waals surface area contributed by atoms with Crippen molar-refractivity contribution in [2.45, 2.75) is 13.0 Å². The Hall–Kier alpha value is -1.53. The summed E-state index contributed by atoms with van der Waals surface area (Å²) in [6.07, 6.45) is 0. The van der Waals surface area contributed by atoms with E-state index < -0.39 is 0 Å². The lowest BCUT2D eigenvalue weighted by molar-refractivity contribution is 0.385. The second-order valence-corrected chi connectivity index (χ2v) is 4.32. The van der Waals surface area contributed by atoms with Gasteiger partial charge in [0, 0.05) is 5.38 Å². The average Bonchev–Trinajstić information content (AvgIpc) is 2.89. The molecule has 1 unspecified atom stereocenters. The fourth-order valence-electron chi connectivity index (χ4n) is 1.76. The third-order valence-electron chi connectivity index (χ3n) is 2.59. The van der Waals surface area contributed by atoms with E-state index in [2.05, 4.69) is 14.9 Å². The predicted molar refractivity (Wildman–Crippen MR) is 68.4 cm³/mol. The van der Waals surface area contributed by atoms with Gasteiger partial charge in [-0.05, 0) is 35.8 Å². The minimum atomic E-state index is -0.374. The number of hydrogen-bond donors (Lipinski definition) is 1. The van der Waals surface area contributed by atoms with Gasteiger partial charge in [-0.3, -0.25) is 0 Å². The van der Waals surface area contributed by atoms with Gasteiger partial charge in [-0.2, -0.15) is 0 Å². The lowest BCUT2D eigenvalue weighted by Gasteiger charge is -2.16. The third kappa shape index (κ3) is 2.65. The predicted octanol–water partition coefficient (Wildman–Crippen LogP) is 2.38. The van der Waals surface area contributed by atoms with Gasteiger partial charge in [0.1, 0.15) is 0 Å². The van der Waals surface area contributed by atoms with Crippen LogP contribution in [0.5, 0.6) is 5.75 Å². The van der Waals surface area contributed by atoms with Crippen molar-refractivity contribution in [3.05, 3.63) is 40.7 Å². The number of rotatable bonds is 5. The molecule has 6 heteroatoms. The zero-order valence-electron chi connectivity index (χ0n) is 10.2. The summed E-state index contributed by atoms with van der Waals surface area (Å²) in [5.74, 6) is -0.133. The molecule has 1 N–H and O–H groups in total. The summed E-state index contributed by atoms with van der Waals surface area (Å²) in [7, 11) is 1.45. The highest BCUT2D eigenvalue weighted by Crippen LogP contribution is 2.25. The number of benzene rings is 1. The van der Waals surface area contributed by atoms with Crippen molar-refractivity contribution in [2.24, 2.45) is 0 Å². The first kappa shape index (κ1) is 12.9. The number of nitrogens with zero attached hydrogens (tertiary/aromatic N) is 2. The molecule has 4 nitrogen and oxygen atoms in total. The second-order valence-electron chi connectivity index (χ2n) is 3.71. The molecule has 0 amide bonds. The number of aromatic nitrogens is 2. The summed E-state index contributed by atoms with van der Waals surface area (Å²) < 4.78 is 22.5. The first-order valence-electron chi connectivity index (χ1n) is 5.60. The van der Waals surface area contributed by atoms with Crippen molar-refractivity contribution in [1.29, 1.82) is 0 Å². The van der Waals surface area contributed by atoms with Crippen LogP contribution in [-0.4, -0.2) is 23.2 Å². The van der Waals surface area contributed by atoms with Crippen LogP contribution in [0, 0.1) is 5.82 Å². The zero-order valence-corrected chi connectivity index (χ0v) is 11.0. The van der Waals surface area contributed by atoms with Gasteiger partial charge in [0.15, 0.2) is 11.6 Å². The van der Waals surface area contributed by atoms with Gasteiger partial charge in [-0.15, -0.1) is 5.10 Å². The molecule has 0 spiro atoms. The van der Waals surface area contributed by atoms with E-state index in [0.29, 0.717) is 0 Å². The van der Waals surface area contributed by atoms with E-state index in [9.17, 15) is 4.39 Å². The molecule has 0 fully saturated rings. The molecule has 1 heterocycles. The van der Waals surface area contributed by atoms with Crippen LogP contribution < -0.4 is 10.1 Å². The Morgan fingerprint density at radius 3 is 2.89 bits per heavy atom. The van der Waals surface area contributed by atoms with Crippen LogP contribution in [0.25, 0.3) is 0 Å². The highest BCUT2D eigenvalue weighted by Gasteiger charge is 2.17. The molecule has 0 saturated carbocycles. The van der Waals surface area contributed by atoms with E-state index >= 15 is 0 Å². The summed E-state index contributed by atoms with van der Waals surface area (Å²) in [5.41, 5.74) is 1.61. The van der Waals surface area contributed by atoms with Gasteiger partial charge < -0.3 is 10.1 Å². The number of nitrogens with one attached hydrogen (secondary N) is 1. The molecule has 0 aliphatic rings.